The van der Waals surface area contributed by atoms with Gasteiger partial charge in [0.25, 0.3) is 0 Å². The molecule has 1 aromatic carbocycles. The summed E-state index contributed by atoms with van der Waals surface area (Å²) in [7, 11) is 0. The Morgan fingerprint density at radius 1 is 1.29 bits per heavy atom. The van der Waals surface area contributed by atoms with E-state index in [4.69, 9.17) is 11.6 Å². The standard InChI is InChI=1S/C18H20ClN5/c1-13-11-23-12-15(7-8-17(23)22-13)20-9-14-10-21-24(18(14)19)16-5-3-2-4-6-16/h2-6,10-11,15,20H,7-9,12H2,1H3. The first kappa shape index (κ1) is 15.4. The Bertz CT molecular complexity index is 836. The largest absolute Gasteiger partial charge is 0.333 e. The monoisotopic (exact) mass is 341 g/mol. The van der Waals surface area contributed by atoms with Crippen LogP contribution in [0.15, 0.2) is 42.7 Å². The minimum Gasteiger partial charge on any atom is -0.333 e. The number of benzene rings is 1. The molecule has 0 saturated heterocycles. The summed E-state index contributed by atoms with van der Waals surface area (Å²) in [4.78, 5) is 4.56. The van der Waals surface area contributed by atoms with Crippen LogP contribution in [-0.2, 0) is 19.5 Å². The van der Waals surface area contributed by atoms with Gasteiger partial charge in [-0.25, -0.2) is 9.67 Å². The highest BCUT2D eigenvalue weighted by Crippen LogP contribution is 2.21. The van der Waals surface area contributed by atoms with Gasteiger partial charge in [-0.15, -0.1) is 0 Å². The van der Waals surface area contributed by atoms with E-state index in [1.807, 2.05) is 43.5 Å². The summed E-state index contributed by atoms with van der Waals surface area (Å²) in [5, 5.41) is 8.70. The van der Waals surface area contributed by atoms with E-state index in [-0.39, 0.29) is 0 Å². The lowest BCUT2D eigenvalue weighted by molar-refractivity contribution is 0.379. The Labute approximate surface area is 146 Å². The van der Waals surface area contributed by atoms with E-state index in [2.05, 4.69) is 26.2 Å². The normalized spacial score (nSPS) is 17.0. The van der Waals surface area contributed by atoms with Crippen LogP contribution in [0.5, 0.6) is 0 Å². The Kier molecular flexibility index (Phi) is 4.12. The number of rotatable bonds is 4. The second-order valence-corrected chi connectivity index (χ2v) is 6.63. The van der Waals surface area contributed by atoms with Crippen molar-refractivity contribution < 1.29 is 0 Å². The van der Waals surface area contributed by atoms with Gasteiger partial charge in [-0.05, 0) is 25.5 Å². The lowest BCUT2D eigenvalue weighted by Gasteiger charge is -2.24. The van der Waals surface area contributed by atoms with E-state index in [0.717, 1.165) is 42.9 Å². The van der Waals surface area contributed by atoms with Crippen molar-refractivity contribution >= 4 is 11.6 Å². The molecule has 0 fully saturated rings. The summed E-state index contributed by atoms with van der Waals surface area (Å²) in [6.07, 6.45) is 6.09. The number of hydrogen-bond donors (Lipinski definition) is 1. The predicted octanol–water partition coefficient (Wildman–Crippen LogP) is 3.14. The molecule has 3 heterocycles. The molecule has 5 nitrogen and oxygen atoms in total. The summed E-state index contributed by atoms with van der Waals surface area (Å²) in [6, 6.07) is 10.4. The van der Waals surface area contributed by atoms with Gasteiger partial charge in [-0.3, -0.25) is 0 Å². The van der Waals surface area contributed by atoms with Gasteiger partial charge in [-0.2, -0.15) is 5.10 Å². The fourth-order valence-electron chi connectivity index (χ4n) is 3.24. The van der Waals surface area contributed by atoms with Crippen LogP contribution in [0.3, 0.4) is 0 Å². The molecule has 0 saturated carbocycles. The summed E-state index contributed by atoms with van der Waals surface area (Å²) in [5.74, 6) is 1.19. The molecular weight excluding hydrogens is 322 g/mol. The first-order valence-electron chi connectivity index (χ1n) is 8.24. The second-order valence-electron chi connectivity index (χ2n) is 6.28. The molecule has 4 rings (SSSR count). The van der Waals surface area contributed by atoms with Gasteiger partial charge < -0.3 is 9.88 Å². The quantitative estimate of drug-likeness (QED) is 0.793. The number of nitrogens with one attached hydrogen (secondary N) is 1. The second kappa shape index (κ2) is 6.42. The van der Waals surface area contributed by atoms with E-state index in [9.17, 15) is 0 Å². The zero-order valence-electron chi connectivity index (χ0n) is 13.6. The average Bonchev–Trinajstić information content (AvgIpc) is 3.15. The van der Waals surface area contributed by atoms with Crippen LogP contribution in [0, 0.1) is 6.92 Å². The molecule has 1 aliphatic rings. The molecule has 24 heavy (non-hydrogen) atoms. The third-order valence-electron chi connectivity index (χ3n) is 4.48. The highest BCUT2D eigenvalue weighted by molar-refractivity contribution is 6.30. The van der Waals surface area contributed by atoms with Crippen molar-refractivity contribution in [1.29, 1.82) is 0 Å². The molecule has 0 amide bonds. The Morgan fingerprint density at radius 3 is 2.96 bits per heavy atom. The number of hydrogen-bond acceptors (Lipinski definition) is 3. The molecule has 124 valence electrons. The Morgan fingerprint density at radius 2 is 2.12 bits per heavy atom. The summed E-state index contributed by atoms with van der Waals surface area (Å²) >= 11 is 6.51. The number of imidazole rings is 1. The summed E-state index contributed by atoms with van der Waals surface area (Å²) in [6.45, 7) is 3.73. The van der Waals surface area contributed by atoms with Crippen molar-refractivity contribution in [2.45, 2.75) is 38.9 Å². The van der Waals surface area contributed by atoms with Gasteiger partial charge in [0.1, 0.15) is 11.0 Å². The molecule has 1 atom stereocenters. The maximum Gasteiger partial charge on any atom is 0.137 e. The van der Waals surface area contributed by atoms with E-state index in [1.54, 1.807) is 4.68 Å². The fraction of sp³-hybridized carbons (Fsp3) is 0.333. The fourth-order valence-corrected chi connectivity index (χ4v) is 3.50. The molecule has 0 aliphatic carbocycles. The van der Waals surface area contributed by atoms with E-state index < -0.39 is 0 Å². The summed E-state index contributed by atoms with van der Waals surface area (Å²) in [5.41, 5.74) is 3.09. The molecule has 1 N–H and O–H groups in total. The van der Waals surface area contributed by atoms with Crippen LogP contribution >= 0.6 is 11.6 Å². The van der Waals surface area contributed by atoms with Gasteiger partial charge in [0.15, 0.2) is 0 Å². The highest BCUT2D eigenvalue weighted by atomic mass is 35.5. The van der Waals surface area contributed by atoms with Crippen molar-refractivity contribution in [3.8, 4) is 5.69 Å². The number of nitrogens with zero attached hydrogens (tertiary/aromatic N) is 4. The van der Waals surface area contributed by atoms with Crippen LogP contribution in [-0.4, -0.2) is 25.4 Å². The molecular formula is C18H20ClN5. The van der Waals surface area contributed by atoms with Crippen LogP contribution < -0.4 is 5.32 Å². The van der Waals surface area contributed by atoms with Crippen LogP contribution in [0.25, 0.3) is 5.69 Å². The lowest BCUT2D eigenvalue weighted by Crippen LogP contribution is -2.36. The minimum atomic E-state index is 0.433. The molecule has 0 bridgehead atoms. The third-order valence-corrected chi connectivity index (χ3v) is 4.88. The highest BCUT2D eigenvalue weighted by Gasteiger charge is 2.20. The first-order valence-corrected chi connectivity index (χ1v) is 8.62. The summed E-state index contributed by atoms with van der Waals surface area (Å²) < 4.78 is 4.03. The predicted molar refractivity (Wildman–Crippen MR) is 94.5 cm³/mol. The number of fused-ring (bicyclic) bond motifs is 1. The minimum absolute atomic E-state index is 0.433. The Balaban J connectivity index is 1.43. The van der Waals surface area contributed by atoms with Gasteiger partial charge in [0, 0.05) is 37.3 Å². The van der Waals surface area contributed by atoms with Gasteiger partial charge in [-0.1, -0.05) is 29.8 Å². The topological polar surface area (TPSA) is 47.7 Å². The number of para-hydroxylation sites is 1. The maximum absolute atomic E-state index is 6.51. The molecule has 0 radical (unpaired) electrons. The SMILES string of the molecule is Cc1cn2c(n1)CCC(NCc1cnn(-c3ccccc3)c1Cl)C2. The number of halogens is 1. The van der Waals surface area contributed by atoms with Crippen molar-refractivity contribution in [3.05, 3.63) is 65.0 Å². The van der Waals surface area contributed by atoms with Gasteiger partial charge in [0.05, 0.1) is 17.6 Å². The van der Waals surface area contributed by atoms with Crippen LogP contribution in [0.1, 0.15) is 23.5 Å². The van der Waals surface area contributed by atoms with E-state index in [0.29, 0.717) is 11.2 Å². The zero-order valence-corrected chi connectivity index (χ0v) is 14.4. The van der Waals surface area contributed by atoms with Gasteiger partial charge >= 0.3 is 0 Å². The number of aryl methyl sites for hydroxylation is 2. The third kappa shape index (κ3) is 2.97. The Hall–Kier alpha value is -2.11. The zero-order chi connectivity index (χ0) is 16.5. The van der Waals surface area contributed by atoms with Gasteiger partial charge in [0.2, 0.25) is 0 Å². The lowest BCUT2D eigenvalue weighted by atomic mass is 10.1. The molecule has 2 aromatic heterocycles. The average molecular weight is 342 g/mol. The van der Waals surface area contributed by atoms with E-state index in [1.165, 1.54) is 5.82 Å². The molecule has 6 heteroatoms. The van der Waals surface area contributed by atoms with Crippen molar-refractivity contribution in [1.82, 2.24) is 24.6 Å². The van der Waals surface area contributed by atoms with Crippen LogP contribution in [0.2, 0.25) is 5.15 Å². The van der Waals surface area contributed by atoms with Crippen molar-refractivity contribution in [2.75, 3.05) is 0 Å². The van der Waals surface area contributed by atoms with Crippen LogP contribution in [0.4, 0.5) is 0 Å². The molecule has 3 aromatic rings. The van der Waals surface area contributed by atoms with Crippen molar-refractivity contribution in [3.63, 3.8) is 0 Å². The molecule has 1 aliphatic heterocycles. The maximum atomic E-state index is 6.51. The smallest absolute Gasteiger partial charge is 0.137 e. The van der Waals surface area contributed by atoms with Crippen molar-refractivity contribution in [2.24, 2.45) is 0 Å². The number of aromatic nitrogens is 4. The molecule has 0 spiro atoms. The molecule has 1 unspecified atom stereocenters. The first-order chi connectivity index (χ1) is 11.7. The van der Waals surface area contributed by atoms with E-state index >= 15 is 0 Å².